The maximum atomic E-state index is 12.1. The molecule has 124 valence electrons. The largest absolute Gasteiger partial charge is 0.483 e. The number of hydrogen-bond acceptors (Lipinski definition) is 4. The zero-order valence-electron chi connectivity index (χ0n) is 13.5. The van der Waals surface area contributed by atoms with Crippen molar-refractivity contribution >= 4 is 23.2 Å². The average Bonchev–Trinajstić information content (AvgIpc) is 2.56. The van der Waals surface area contributed by atoms with Crippen LogP contribution in [0.15, 0.2) is 36.4 Å². The van der Waals surface area contributed by atoms with Gasteiger partial charge in [0.15, 0.2) is 13.2 Å². The summed E-state index contributed by atoms with van der Waals surface area (Å²) in [4.78, 5) is 23.3. The minimum absolute atomic E-state index is 0.0276. The van der Waals surface area contributed by atoms with Crippen molar-refractivity contribution in [3.8, 4) is 11.5 Å². The van der Waals surface area contributed by atoms with E-state index in [1.165, 1.54) is 0 Å². The minimum Gasteiger partial charge on any atom is -0.483 e. The Hall–Kier alpha value is -3.02. The molecule has 1 aliphatic heterocycles. The molecule has 2 aromatic rings. The number of aryl methyl sites for hydroxylation is 1. The molecule has 6 heteroatoms. The maximum Gasteiger partial charge on any atom is 0.262 e. The first-order chi connectivity index (χ1) is 11.5. The summed E-state index contributed by atoms with van der Waals surface area (Å²) in [6.45, 7) is 3.84. The van der Waals surface area contributed by atoms with Crippen LogP contribution in [0.25, 0.3) is 0 Å². The van der Waals surface area contributed by atoms with Crippen LogP contribution in [0.3, 0.4) is 0 Å². The number of amides is 2. The molecule has 6 nitrogen and oxygen atoms in total. The highest BCUT2D eigenvalue weighted by atomic mass is 16.5. The molecule has 0 atom stereocenters. The van der Waals surface area contributed by atoms with Gasteiger partial charge in [-0.25, -0.2) is 0 Å². The van der Waals surface area contributed by atoms with Crippen LogP contribution in [0.4, 0.5) is 11.4 Å². The van der Waals surface area contributed by atoms with E-state index in [1.807, 2.05) is 32.0 Å². The number of carbonyl (C=O) groups excluding carboxylic acids is 2. The van der Waals surface area contributed by atoms with E-state index in [4.69, 9.17) is 9.47 Å². The van der Waals surface area contributed by atoms with Crippen LogP contribution >= 0.6 is 0 Å². The topological polar surface area (TPSA) is 76.7 Å². The summed E-state index contributed by atoms with van der Waals surface area (Å²) in [6, 6.07) is 10.8. The summed E-state index contributed by atoms with van der Waals surface area (Å²) < 4.78 is 10.9. The molecule has 3 rings (SSSR count). The van der Waals surface area contributed by atoms with E-state index in [-0.39, 0.29) is 25.0 Å². The summed E-state index contributed by atoms with van der Waals surface area (Å²) in [5.41, 5.74) is 3.31. The number of ether oxygens (including phenoxy) is 2. The van der Waals surface area contributed by atoms with Gasteiger partial charge in [-0.1, -0.05) is 12.1 Å². The van der Waals surface area contributed by atoms with Crippen LogP contribution in [-0.2, 0) is 9.59 Å². The van der Waals surface area contributed by atoms with Crippen LogP contribution < -0.4 is 20.1 Å². The Kier molecular flexibility index (Phi) is 4.37. The quantitative estimate of drug-likeness (QED) is 0.905. The van der Waals surface area contributed by atoms with Gasteiger partial charge in [0.25, 0.3) is 11.8 Å². The summed E-state index contributed by atoms with van der Waals surface area (Å²) in [6.07, 6.45) is 0. The Morgan fingerprint density at radius 1 is 1.29 bits per heavy atom. The second-order valence-electron chi connectivity index (χ2n) is 5.58. The second-order valence-corrected chi connectivity index (χ2v) is 5.58. The van der Waals surface area contributed by atoms with E-state index < -0.39 is 0 Å². The Morgan fingerprint density at radius 2 is 2.12 bits per heavy atom. The third-order valence-electron chi connectivity index (χ3n) is 3.81. The lowest BCUT2D eigenvalue weighted by atomic mass is 10.1. The fourth-order valence-corrected chi connectivity index (χ4v) is 2.37. The van der Waals surface area contributed by atoms with E-state index >= 15 is 0 Å². The predicted octanol–water partition coefficient (Wildman–Crippen LogP) is 2.65. The van der Waals surface area contributed by atoms with Gasteiger partial charge < -0.3 is 20.1 Å². The molecule has 0 unspecified atom stereocenters. The molecule has 0 aromatic heterocycles. The number of hydrogen-bond donors (Lipinski definition) is 2. The number of rotatable bonds is 4. The van der Waals surface area contributed by atoms with Gasteiger partial charge in [-0.2, -0.15) is 0 Å². The van der Waals surface area contributed by atoms with E-state index in [0.29, 0.717) is 22.9 Å². The molecule has 2 N–H and O–H groups in total. The van der Waals surface area contributed by atoms with Crippen molar-refractivity contribution in [2.75, 3.05) is 23.8 Å². The number of nitrogens with one attached hydrogen (secondary N) is 2. The molecule has 0 spiro atoms. The molecule has 0 aliphatic carbocycles. The number of carbonyl (C=O) groups is 2. The first-order valence-corrected chi connectivity index (χ1v) is 7.58. The molecule has 2 amide bonds. The molecular formula is C18H18N2O4. The maximum absolute atomic E-state index is 12.1. The Labute approximate surface area is 139 Å². The third-order valence-corrected chi connectivity index (χ3v) is 3.81. The Balaban J connectivity index is 1.61. The highest BCUT2D eigenvalue weighted by Crippen LogP contribution is 2.30. The zero-order valence-corrected chi connectivity index (χ0v) is 13.5. The van der Waals surface area contributed by atoms with Gasteiger partial charge in [-0.05, 0) is 43.2 Å². The molecule has 1 heterocycles. The molecule has 24 heavy (non-hydrogen) atoms. The third kappa shape index (κ3) is 3.48. The van der Waals surface area contributed by atoms with Crippen molar-refractivity contribution < 1.29 is 19.1 Å². The van der Waals surface area contributed by atoms with Crippen LogP contribution in [0.2, 0.25) is 0 Å². The van der Waals surface area contributed by atoms with E-state index in [2.05, 4.69) is 10.6 Å². The normalized spacial score (nSPS) is 12.7. The molecule has 0 saturated carbocycles. The zero-order chi connectivity index (χ0) is 17.1. The highest BCUT2D eigenvalue weighted by molar-refractivity contribution is 5.97. The second kappa shape index (κ2) is 6.62. The first-order valence-electron chi connectivity index (χ1n) is 7.58. The molecule has 1 aliphatic rings. The SMILES string of the molecule is Cc1cccc(OCC(=O)Nc2ccc3c(c2)OCC(=O)N3)c1C. The molecular weight excluding hydrogens is 308 g/mol. The fourth-order valence-electron chi connectivity index (χ4n) is 2.37. The molecule has 0 saturated heterocycles. The van der Waals surface area contributed by atoms with E-state index in [0.717, 1.165) is 11.1 Å². The number of anilines is 2. The van der Waals surface area contributed by atoms with Crippen molar-refractivity contribution in [2.45, 2.75) is 13.8 Å². The monoisotopic (exact) mass is 326 g/mol. The van der Waals surface area contributed by atoms with Gasteiger partial charge in [-0.15, -0.1) is 0 Å². The lowest BCUT2D eigenvalue weighted by molar-refractivity contribution is -0.119. The van der Waals surface area contributed by atoms with Crippen LogP contribution in [0.5, 0.6) is 11.5 Å². The Morgan fingerprint density at radius 3 is 2.96 bits per heavy atom. The summed E-state index contributed by atoms with van der Waals surface area (Å²) in [5, 5.41) is 5.45. The molecule has 0 bridgehead atoms. The van der Waals surface area contributed by atoms with Crippen molar-refractivity contribution in [1.29, 1.82) is 0 Å². The molecule has 2 aromatic carbocycles. The predicted molar refractivity (Wildman–Crippen MR) is 90.6 cm³/mol. The van der Waals surface area contributed by atoms with Crippen molar-refractivity contribution in [3.63, 3.8) is 0 Å². The standard InChI is InChI=1S/C18H18N2O4/c1-11-4-3-5-15(12(11)2)23-9-17(21)19-13-6-7-14-16(8-13)24-10-18(22)20-14/h3-8H,9-10H2,1-2H3,(H,19,21)(H,20,22). The lowest BCUT2D eigenvalue weighted by Gasteiger charge is -2.18. The van der Waals surface area contributed by atoms with Gasteiger partial charge >= 0.3 is 0 Å². The van der Waals surface area contributed by atoms with Gasteiger partial charge in [-0.3, -0.25) is 9.59 Å². The van der Waals surface area contributed by atoms with Crippen LogP contribution in [0.1, 0.15) is 11.1 Å². The smallest absolute Gasteiger partial charge is 0.262 e. The van der Waals surface area contributed by atoms with Gasteiger partial charge in [0.05, 0.1) is 5.69 Å². The van der Waals surface area contributed by atoms with Gasteiger partial charge in [0.1, 0.15) is 11.5 Å². The first kappa shape index (κ1) is 15.9. The van der Waals surface area contributed by atoms with Crippen molar-refractivity contribution in [3.05, 3.63) is 47.5 Å². The lowest BCUT2D eigenvalue weighted by Crippen LogP contribution is -2.25. The highest BCUT2D eigenvalue weighted by Gasteiger charge is 2.16. The number of fused-ring (bicyclic) bond motifs is 1. The number of benzene rings is 2. The van der Waals surface area contributed by atoms with E-state index in [1.54, 1.807) is 18.2 Å². The van der Waals surface area contributed by atoms with Gasteiger partial charge in [0, 0.05) is 11.8 Å². The average molecular weight is 326 g/mol. The van der Waals surface area contributed by atoms with Crippen LogP contribution in [0, 0.1) is 13.8 Å². The molecule has 0 radical (unpaired) electrons. The summed E-state index contributed by atoms with van der Waals surface area (Å²) >= 11 is 0. The van der Waals surface area contributed by atoms with Crippen molar-refractivity contribution in [2.24, 2.45) is 0 Å². The fraction of sp³-hybridized carbons (Fsp3) is 0.222. The van der Waals surface area contributed by atoms with Gasteiger partial charge in [0.2, 0.25) is 0 Å². The summed E-state index contributed by atoms with van der Waals surface area (Å²) in [5.74, 6) is 0.765. The van der Waals surface area contributed by atoms with Crippen molar-refractivity contribution in [1.82, 2.24) is 0 Å². The molecule has 0 fully saturated rings. The van der Waals surface area contributed by atoms with E-state index in [9.17, 15) is 9.59 Å². The minimum atomic E-state index is -0.268. The van der Waals surface area contributed by atoms with Crippen LogP contribution in [-0.4, -0.2) is 25.0 Å². The Bertz CT molecular complexity index is 802. The summed E-state index contributed by atoms with van der Waals surface area (Å²) in [7, 11) is 0.